The van der Waals surface area contributed by atoms with Gasteiger partial charge in [-0.1, -0.05) is 0 Å². The molecule has 0 aromatic rings. The Hall–Kier alpha value is -0.240. The van der Waals surface area contributed by atoms with E-state index in [1.165, 1.54) is 0 Å². The summed E-state index contributed by atoms with van der Waals surface area (Å²) in [7, 11) is 0. The van der Waals surface area contributed by atoms with Gasteiger partial charge in [-0.05, 0) is 0 Å². The van der Waals surface area contributed by atoms with Crippen molar-refractivity contribution in [3.05, 3.63) is 0 Å². The van der Waals surface area contributed by atoms with Gasteiger partial charge in [0.2, 0.25) is 0 Å². The predicted molar refractivity (Wildman–Crippen MR) is 40.6 cm³/mol. The summed E-state index contributed by atoms with van der Waals surface area (Å²) in [5.41, 5.74) is 0. The summed E-state index contributed by atoms with van der Waals surface area (Å²) >= 11 is 0. The van der Waals surface area contributed by atoms with Gasteiger partial charge in [-0.25, -0.2) is 0 Å². The van der Waals surface area contributed by atoms with Gasteiger partial charge in [0.25, 0.3) is 0 Å². The summed E-state index contributed by atoms with van der Waals surface area (Å²) in [6, 6.07) is 0. The highest BCUT2D eigenvalue weighted by Gasteiger charge is 2.37. The first-order valence-electron chi connectivity index (χ1n) is 4.05. The van der Waals surface area contributed by atoms with Crippen LogP contribution in [0.1, 0.15) is 6.42 Å². The van der Waals surface area contributed by atoms with Gasteiger partial charge in [0, 0.05) is 6.42 Å². The monoisotopic (exact) mass is 194 g/mol. The van der Waals surface area contributed by atoms with E-state index in [1.807, 2.05) is 0 Å². The summed E-state index contributed by atoms with van der Waals surface area (Å²) in [5, 5.41) is 45.4. The molecule has 1 aliphatic rings. The largest absolute Gasteiger partial charge is 0.394 e. The minimum atomic E-state index is -1.58. The molecule has 78 valence electrons. The van der Waals surface area contributed by atoms with Gasteiger partial charge in [-0.3, -0.25) is 0 Å². The van der Waals surface area contributed by atoms with Crippen LogP contribution < -0.4 is 0 Å². The molecule has 6 nitrogen and oxygen atoms in total. The smallest absolute Gasteiger partial charge is 0.183 e. The maximum Gasteiger partial charge on any atom is 0.183 e. The molecule has 0 amide bonds. The van der Waals surface area contributed by atoms with Crippen LogP contribution in [0.25, 0.3) is 0 Å². The Labute approximate surface area is 75.0 Å². The number of aliphatic hydroxyl groups is 5. The summed E-state index contributed by atoms with van der Waals surface area (Å²) in [6.07, 6.45) is -6.57. The molecule has 1 heterocycles. The average Bonchev–Trinajstić information content (AvgIpc) is 2.20. The fraction of sp³-hybridized carbons (Fsp3) is 1.00. The third kappa shape index (κ3) is 2.37. The Morgan fingerprint density at radius 2 is 1.69 bits per heavy atom. The number of aliphatic hydroxyl groups excluding tert-OH is 5. The lowest BCUT2D eigenvalue weighted by Crippen LogP contribution is -2.42. The molecule has 1 aliphatic heterocycles. The second kappa shape index (κ2) is 4.32. The molecule has 0 aromatic heterocycles. The summed E-state index contributed by atoms with van der Waals surface area (Å²) in [4.78, 5) is 0. The molecule has 5 atom stereocenters. The fourth-order valence-corrected chi connectivity index (χ4v) is 1.26. The van der Waals surface area contributed by atoms with Crippen molar-refractivity contribution < 1.29 is 30.3 Å². The summed E-state index contributed by atoms with van der Waals surface area (Å²) in [6.45, 7) is -0.381. The molecule has 0 unspecified atom stereocenters. The zero-order valence-electron chi connectivity index (χ0n) is 6.95. The van der Waals surface area contributed by atoms with Gasteiger partial charge in [0.1, 0.15) is 12.2 Å². The minimum Gasteiger partial charge on any atom is -0.394 e. The number of ether oxygens (including phenoxy) is 1. The van der Waals surface area contributed by atoms with Crippen LogP contribution in [0.3, 0.4) is 0 Å². The van der Waals surface area contributed by atoms with Crippen LogP contribution in [0, 0.1) is 0 Å². The first kappa shape index (κ1) is 10.8. The first-order chi connectivity index (χ1) is 6.06. The SMILES string of the molecule is OC[C@@H]1C[C@@H](O)[C@H](O)[C@H](O)[C@H](O)O1. The maximum absolute atomic E-state index is 9.24. The van der Waals surface area contributed by atoms with E-state index in [2.05, 4.69) is 0 Å². The Kier molecular flexibility index (Phi) is 3.60. The van der Waals surface area contributed by atoms with E-state index in [4.69, 9.17) is 20.1 Å². The van der Waals surface area contributed by atoms with Crippen LogP contribution in [0.4, 0.5) is 0 Å². The van der Waals surface area contributed by atoms with Crippen LogP contribution in [0.5, 0.6) is 0 Å². The lowest BCUT2D eigenvalue weighted by Gasteiger charge is -2.20. The molecule has 1 saturated heterocycles. The summed E-state index contributed by atoms with van der Waals surface area (Å²) in [5.74, 6) is 0. The van der Waals surface area contributed by atoms with Crippen molar-refractivity contribution in [2.75, 3.05) is 6.61 Å². The van der Waals surface area contributed by atoms with Crippen molar-refractivity contribution in [3.63, 3.8) is 0 Å². The highest BCUT2D eigenvalue weighted by atomic mass is 16.6. The quantitative estimate of drug-likeness (QED) is 0.308. The summed E-state index contributed by atoms with van der Waals surface area (Å²) < 4.78 is 4.75. The van der Waals surface area contributed by atoms with Crippen molar-refractivity contribution in [2.45, 2.75) is 37.1 Å². The van der Waals surface area contributed by atoms with E-state index in [0.717, 1.165) is 0 Å². The highest BCUT2D eigenvalue weighted by molar-refractivity contribution is 4.83. The van der Waals surface area contributed by atoms with Gasteiger partial charge >= 0.3 is 0 Å². The fourth-order valence-electron chi connectivity index (χ4n) is 1.26. The molecule has 0 aliphatic carbocycles. The highest BCUT2D eigenvalue weighted by Crippen LogP contribution is 2.18. The van der Waals surface area contributed by atoms with Gasteiger partial charge in [-0.2, -0.15) is 0 Å². The molecule has 5 N–H and O–H groups in total. The first-order valence-corrected chi connectivity index (χ1v) is 4.05. The predicted octanol–water partition coefficient (Wildman–Crippen LogP) is -2.83. The van der Waals surface area contributed by atoms with E-state index in [0.29, 0.717) is 0 Å². The molecule has 0 saturated carbocycles. The zero-order valence-corrected chi connectivity index (χ0v) is 6.95. The second-order valence-electron chi connectivity index (χ2n) is 3.12. The standard InChI is InChI=1S/C7H14O6/c8-2-3-1-4(9)5(10)6(11)7(12)13-3/h3-12H,1-2H2/t3-,4+,5-,6-,7+/m0/s1. The van der Waals surface area contributed by atoms with E-state index < -0.39 is 30.7 Å². The van der Waals surface area contributed by atoms with E-state index >= 15 is 0 Å². The third-order valence-electron chi connectivity index (χ3n) is 2.08. The molecule has 13 heavy (non-hydrogen) atoms. The van der Waals surface area contributed by atoms with Crippen LogP contribution in [0.15, 0.2) is 0 Å². The second-order valence-corrected chi connectivity index (χ2v) is 3.12. The molecule has 1 fully saturated rings. The van der Waals surface area contributed by atoms with Crippen molar-refractivity contribution in [1.82, 2.24) is 0 Å². The maximum atomic E-state index is 9.24. The van der Waals surface area contributed by atoms with Gasteiger partial charge < -0.3 is 30.3 Å². The average molecular weight is 194 g/mol. The van der Waals surface area contributed by atoms with Gasteiger partial charge in [0.15, 0.2) is 6.29 Å². The Balaban J connectivity index is 2.66. The molecular formula is C7H14O6. The number of hydrogen-bond acceptors (Lipinski definition) is 6. The van der Waals surface area contributed by atoms with Crippen LogP contribution in [-0.4, -0.2) is 62.8 Å². The van der Waals surface area contributed by atoms with E-state index in [-0.39, 0.29) is 13.0 Å². The minimum absolute atomic E-state index is 0.0220. The van der Waals surface area contributed by atoms with Crippen LogP contribution in [-0.2, 0) is 4.74 Å². The topological polar surface area (TPSA) is 110 Å². The van der Waals surface area contributed by atoms with Crippen LogP contribution >= 0.6 is 0 Å². The van der Waals surface area contributed by atoms with Crippen LogP contribution in [0.2, 0.25) is 0 Å². The molecule has 1 rings (SSSR count). The lowest BCUT2D eigenvalue weighted by molar-refractivity contribution is -0.201. The molecule has 0 radical (unpaired) electrons. The van der Waals surface area contributed by atoms with Gasteiger partial charge in [-0.15, -0.1) is 0 Å². The Bertz CT molecular complexity index is 147. The van der Waals surface area contributed by atoms with E-state index in [9.17, 15) is 10.2 Å². The van der Waals surface area contributed by atoms with Crippen molar-refractivity contribution in [3.8, 4) is 0 Å². The zero-order chi connectivity index (χ0) is 10.0. The van der Waals surface area contributed by atoms with Crippen molar-refractivity contribution in [2.24, 2.45) is 0 Å². The van der Waals surface area contributed by atoms with E-state index in [1.54, 1.807) is 0 Å². The Morgan fingerprint density at radius 3 is 2.23 bits per heavy atom. The van der Waals surface area contributed by atoms with Crippen molar-refractivity contribution >= 4 is 0 Å². The van der Waals surface area contributed by atoms with Gasteiger partial charge in [0.05, 0.1) is 18.8 Å². The molecule has 0 bridgehead atoms. The molecule has 0 aromatic carbocycles. The normalized spacial score (nSPS) is 47.3. The Morgan fingerprint density at radius 1 is 1.08 bits per heavy atom. The molecular weight excluding hydrogens is 180 g/mol. The third-order valence-corrected chi connectivity index (χ3v) is 2.08. The molecule has 6 heteroatoms. The number of rotatable bonds is 1. The molecule has 0 spiro atoms. The number of hydrogen-bond donors (Lipinski definition) is 5. The lowest BCUT2D eigenvalue weighted by atomic mass is 10.0. The van der Waals surface area contributed by atoms with Crippen molar-refractivity contribution in [1.29, 1.82) is 0 Å².